The largest absolute Gasteiger partial charge is 0.352 e. The van der Waals surface area contributed by atoms with E-state index >= 15 is 0 Å². The summed E-state index contributed by atoms with van der Waals surface area (Å²) in [6, 6.07) is 12.8. The number of rotatable bonds is 3. The van der Waals surface area contributed by atoms with Gasteiger partial charge in [0.1, 0.15) is 0 Å². The SMILES string of the molecule is Cc1ccc2cc(CNC(=O)C3CNC3)ccc2c1. The van der Waals surface area contributed by atoms with Crippen molar-refractivity contribution < 1.29 is 4.79 Å². The first kappa shape index (κ1) is 12.2. The smallest absolute Gasteiger partial charge is 0.225 e. The summed E-state index contributed by atoms with van der Waals surface area (Å²) in [4.78, 5) is 11.8. The van der Waals surface area contributed by atoms with Crippen molar-refractivity contribution in [3.05, 3.63) is 47.5 Å². The minimum absolute atomic E-state index is 0.155. The van der Waals surface area contributed by atoms with Gasteiger partial charge in [-0.15, -0.1) is 0 Å². The predicted molar refractivity (Wildman–Crippen MR) is 76.9 cm³/mol. The molecule has 2 aromatic rings. The highest BCUT2D eigenvalue weighted by Gasteiger charge is 2.24. The van der Waals surface area contributed by atoms with Crippen molar-refractivity contribution in [2.24, 2.45) is 5.92 Å². The molecular formula is C16H18N2O. The molecule has 0 spiro atoms. The number of aryl methyl sites for hydroxylation is 1. The molecule has 98 valence electrons. The fourth-order valence-corrected chi connectivity index (χ4v) is 2.33. The summed E-state index contributed by atoms with van der Waals surface area (Å²) in [5.41, 5.74) is 2.42. The van der Waals surface area contributed by atoms with Gasteiger partial charge in [0, 0.05) is 19.6 Å². The van der Waals surface area contributed by atoms with Gasteiger partial charge >= 0.3 is 0 Å². The van der Waals surface area contributed by atoms with Gasteiger partial charge in [0.15, 0.2) is 0 Å². The second kappa shape index (κ2) is 5.02. The highest BCUT2D eigenvalue weighted by molar-refractivity contribution is 5.84. The van der Waals surface area contributed by atoms with E-state index in [-0.39, 0.29) is 11.8 Å². The van der Waals surface area contributed by atoms with E-state index in [1.165, 1.54) is 16.3 Å². The van der Waals surface area contributed by atoms with Crippen LogP contribution in [-0.2, 0) is 11.3 Å². The van der Waals surface area contributed by atoms with Crippen molar-refractivity contribution in [2.75, 3.05) is 13.1 Å². The quantitative estimate of drug-likeness (QED) is 0.879. The molecule has 1 saturated heterocycles. The minimum Gasteiger partial charge on any atom is -0.352 e. The molecule has 1 fully saturated rings. The molecule has 0 radical (unpaired) electrons. The van der Waals surface area contributed by atoms with Crippen molar-refractivity contribution in [1.82, 2.24) is 10.6 Å². The van der Waals surface area contributed by atoms with E-state index in [9.17, 15) is 4.79 Å². The normalized spacial score (nSPS) is 15.2. The maximum absolute atomic E-state index is 11.8. The van der Waals surface area contributed by atoms with E-state index in [2.05, 4.69) is 54.0 Å². The molecule has 3 heteroatoms. The van der Waals surface area contributed by atoms with Gasteiger partial charge in [-0.25, -0.2) is 0 Å². The Morgan fingerprint density at radius 1 is 1.21 bits per heavy atom. The van der Waals surface area contributed by atoms with Crippen molar-refractivity contribution >= 4 is 16.7 Å². The number of benzene rings is 2. The average molecular weight is 254 g/mol. The summed E-state index contributed by atoms with van der Waals surface area (Å²) in [6.07, 6.45) is 0. The van der Waals surface area contributed by atoms with Crippen molar-refractivity contribution in [3.8, 4) is 0 Å². The summed E-state index contributed by atoms with van der Waals surface area (Å²) >= 11 is 0. The zero-order valence-electron chi connectivity index (χ0n) is 11.1. The molecule has 1 aliphatic heterocycles. The lowest BCUT2D eigenvalue weighted by atomic mass is 10.0. The number of nitrogens with one attached hydrogen (secondary N) is 2. The fourth-order valence-electron chi connectivity index (χ4n) is 2.33. The van der Waals surface area contributed by atoms with Crippen LogP contribution < -0.4 is 10.6 Å². The Bertz CT molecular complexity index is 617. The molecule has 3 rings (SSSR count). The topological polar surface area (TPSA) is 41.1 Å². The number of amides is 1. The summed E-state index contributed by atoms with van der Waals surface area (Å²) in [5.74, 6) is 0.311. The second-order valence-corrected chi connectivity index (χ2v) is 5.26. The van der Waals surface area contributed by atoms with E-state index in [1.807, 2.05) is 0 Å². The average Bonchev–Trinajstić information content (AvgIpc) is 2.34. The monoisotopic (exact) mass is 254 g/mol. The van der Waals surface area contributed by atoms with Crippen LogP contribution in [0, 0.1) is 12.8 Å². The predicted octanol–water partition coefficient (Wildman–Crippen LogP) is 1.98. The molecule has 1 amide bonds. The Kier molecular flexibility index (Phi) is 3.22. The summed E-state index contributed by atoms with van der Waals surface area (Å²) in [5, 5.41) is 8.58. The lowest BCUT2D eigenvalue weighted by Crippen LogP contribution is -2.50. The fraction of sp³-hybridized carbons (Fsp3) is 0.312. The molecule has 0 saturated carbocycles. The van der Waals surface area contributed by atoms with Crippen LogP contribution in [-0.4, -0.2) is 19.0 Å². The zero-order chi connectivity index (χ0) is 13.2. The van der Waals surface area contributed by atoms with Crippen LogP contribution in [0.25, 0.3) is 10.8 Å². The summed E-state index contributed by atoms with van der Waals surface area (Å²) in [6.45, 7) is 4.32. The van der Waals surface area contributed by atoms with Gasteiger partial charge in [0.05, 0.1) is 5.92 Å². The van der Waals surface area contributed by atoms with Gasteiger partial charge in [-0.3, -0.25) is 4.79 Å². The van der Waals surface area contributed by atoms with Gasteiger partial charge in [0.2, 0.25) is 5.91 Å². The first-order valence-electron chi connectivity index (χ1n) is 6.70. The van der Waals surface area contributed by atoms with Crippen molar-refractivity contribution in [2.45, 2.75) is 13.5 Å². The van der Waals surface area contributed by atoms with Crippen LogP contribution in [0.15, 0.2) is 36.4 Å². The van der Waals surface area contributed by atoms with Gasteiger partial charge in [-0.1, -0.05) is 35.9 Å². The van der Waals surface area contributed by atoms with Crippen LogP contribution in [0.5, 0.6) is 0 Å². The highest BCUT2D eigenvalue weighted by atomic mass is 16.2. The first-order valence-corrected chi connectivity index (χ1v) is 6.70. The van der Waals surface area contributed by atoms with Crippen molar-refractivity contribution in [1.29, 1.82) is 0 Å². The zero-order valence-corrected chi connectivity index (χ0v) is 11.1. The highest BCUT2D eigenvalue weighted by Crippen LogP contribution is 2.17. The maximum atomic E-state index is 11.8. The van der Waals surface area contributed by atoms with E-state index in [1.54, 1.807) is 0 Å². The number of fused-ring (bicyclic) bond motifs is 1. The van der Waals surface area contributed by atoms with E-state index in [0.717, 1.165) is 18.7 Å². The van der Waals surface area contributed by atoms with Crippen LogP contribution in [0.3, 0.4) is 0 Å². The molecule has 2 aromatic carbocycles. The molecule has 3 nitrogen and oxygen atoms in total. The van der Waals surface area contributed by atoms with Crippen LogP contribution in [0.2, 0.25) is 0 Å². The molecule has 2 N–H and O–H groups in total. The molecular weight excluding hydrogens is 236 g/mol. The Morgan fingerprint density at radius 2 is 1.95 bits per heavy atom. The molecule has 1 heterocycles. The number of hydrogen-bond acceptors (Lipinski definition) is 2. The summed E-state index contributed by atoms with van der Waals surface area (Å²) < 4.78 is 0. The molecule has 0 atom stereocenters. The standard InChI is InChI=1S/C16H18N2O/c1-11-2-4-14-7-12(3-5-13(14)6-11)8-18-16(19)15-9-17-10-15/h2-7,15,17H,8-10H2,1H3,(H,18,19). The Labute approximate surface area is 113 Å². The number of carbonyl (C=O) groups is 1. The second-order valence-electron chi connectivity index (χ2n) is 5.26. The van der Waals surface area contributed by atoms with Crippen molar-refractivity contribution in [3.63, 3.8) is 0 Å². The van der Waals surface area contributed by atoms with E-state index in [4.69, 9.17) is 0 Å². The Morgan fingerprint density at radius 3 is 2.68 bits per heavy atom. The van der Waals surface area contributed by atoms with E-state index in [0.29, 0.717) is 6.54 Å². The lowest BCUT2D eigenvalue weighted by molar-refractivity contribution is -0.126. The Hall–Kier alpha value is -1.87. The van der Waals surface area contributed by atoms with Crippen LogP contribution in [0.1, 0.15) is 11.1 Å². The number of hydrogen-bond donors (Lipinski definition) is 2. The molecule has 19 heavy (non-hydrogen) atoms. The van der Waals surface area contributed by atoms with Gasteiger partial charge < -0.3 is 10.6 Å². The molecule has 0 aliphatic carbocycles. The maximum Gasteiger partial charge on any atom is 0.225 e. The molecule has 0 unspecified atom stereocenters. The van der Waals surface area contributed by atoms with Gasteiger partial charge in [0.25, 0.3) is 0 Å². The molecule has 0 aromatic heterocycles. The van der Waals surface area contributed by atoms with Gasteiger partial charge in [-0.2, -0.15) is 0 Å². The van der Waals surface area contributed by atoms with Crippen LogP contribution >= 0.6 is 0 Å². The summed E-state index contributed by atoms with van der Waals surface area (Å²) in [7, 11) is 0. The first-order chi connectivity index (χ1) is 9.22. The molecule has 1 aliphatic rings. The Balaban J connectivity index is 1.70. The lowest BCUT2D eigenvalue weighted by Gasteiger charge is -2.25. The number of carbonyl (C=O) groups excluding carboxylic acids is 1. The molecule has 0 bridgehead atoms. The minimum atomic E-state index is 0.155. The third-order valence-corrected chi connectivity index (χ3v) is 3.68. The third kappa shape index (κ3) is 2.61. The third-order valence-electron chi connectivity index (χ3n) is 3.68. The van der Waals surface area contributed by atoms with Gasteiger partial charge in [-0.05, 0) is 29.3 Å². The van der Waals surface area contributed by atoms with E-state index < -0.39 is 0 Å². The van der Waals surface area contributed by atoms with Crippen LogP contribution in [0.4, 0.5) is 0 Å².